The van der Waals surface area contributed by atoms with Gasteiger partial charge in [0.2, 0.25) is 0 Å². The average molecular weight is 770 g/mol. The van der Waals surface area contributed by atoms with Crippen LogP contribution in [0.2, 0.25) is 0 Å². The van der Waals surface area contributed by atoms with Crippen LogP contribution in [0.5, 0.6) is 11.5 Å². The van der Waals surface area contributed by atoms with Gasteiger partial charge in [-0.2, -0.15) is 0 Å². The van der Waals surface area contributed by atoms with Crippen molar-refractivity contribution in [1.82, 2.24) is 0 Å². The Balaban J connectivity index is 0.000000614. The minimum absolute atomic E-state index is 0.0140. The Morgan fingerprint density at radius 1 is 0.744 bits per heavy atom. The van der Waals surface area contributed by atoms with Gasteiger partial charge in [-0.15, -0.1) is 0 Å². The van der Waals surface area contributed by atoms with Crippen molar-refractivity contribution in [2.75, 3.05) is 13.2 Å². The van der Waals surface area contributed by atoms with E-state index < -0.39 is 11.2 Å². The number of carbonyl (C=O) groups is 2. The third-order valence-corrected chi connectivity index (χ3v) is 5.80. The summed E-state index contributed by atoms with van der Waals surface area (Å²) >= 11 is 4.44. The van der Waals surface area contributed by atoms with Gasteiger partial charge in [0.1, 0.15) is 22.7 Å². The molecule has 0 aliphatic heterocycles. The number of rotatable bonds is 8. The normalized spacial score (nSPS) is 12.5. The summed E-state index contributed by atoms with van der Waals surface area (Å²) in [6.07, 6.45) is 0.662. The summed E-state index contributed by atoms with van der Waals surface area (Å²) in [5.74, 6) is 0.853. The van der Waals surface area contributed by atoms with Crippen LogP contribution in [-0.4, -0.2) is 46.6 Å². The first-order chi connectivity index (χ1) is 17.9. The number of hydrogen-bond donors (Lipinski definition) is 2. The number of halogens is 2. The second-order valence-electron chi connectivity index (χ2n) is 11.2. The molecule has 0 amide bonds. The van der Waals surface area contributed by atoms with E-state index in [0.717, 1.165) is 9.32 Å². The van der Waals surface area contributed by atoms with Gasteiger partial charge in [-0.05, 0) is 141 Å². The number of aliphatic hydroxyl groups excluding tert-OH is 1. The lowest BCUT2D eigenvalue weighted by molar-refractivity contribution is -0.157. The Labute approximate surface area is 261 Å². The van der Waals surface area contributed by atoms with Crippen LogP contribution in [0.3, 0.4) is 0 Å². The van der Waals surface area contributed by atoms with Crippen LogP contribution in [0.25, 0.3) is 0 Å². The molecule has 0 aliphatic carbocycles. The molecule has 2 N–H and O–H groups in total. The van der Waals surface area contributed by atoms with Gasteiger partial charge in [-0.25, -0.2) is 0 Å². The largest absolute Gasteiger partial charge is 0.508 e. The lowest BCUT2D eigenvalue weighted by atomic mass is 10.1. The molecule has 39 heavy (non-hydrogen) atoms. The predicted molar refractivity (Wildman–Crippen MR) is 172 cm³/mol. The summed E-state index contributed by atoms with van der Waals surface area (Å²) in [6, 6.07) is 14.9. The number of esters is 2. The van der Waals surface area contributed by atoms with E-state index in [1.165, 1.54) is 3.57 Å². The Hall–Kier alpha value is -1.60. The minimum Gasteiger partial charge on any atom is -0.508 e. The third-order valence-electron chi connectivity index (χ3n) is 4.36. The van der Waals surface area contributed by atoms with Crippen molar-refractivity contribution in [3.05, 3.63) is 55.7 Å². The van der Waals surface area contributed by atoms with Crippen LogP contribution in [-0.2, 0) is 19.1 Å². The van der Waals surface area contributed by atoms with E-state index >= 15 is 0 Å². The molecule has 7 nitrogen and oxygen atoms in total. The molecule has 2 unspecified atom stereocenters. The van der Waals surface area contributed by atoms with Crippen molar-refractivity contribution in [3.63, 3.8) is 0 Å². The van der Waals surface area contributed by atoms with Crippen molar-refractivity contribution >= 4 is 57.1 Å². The summed E-state index contributed by atoms with van der Waals surface area (Å²) in [6.45, 7) is 15.4. The average Bonchev–Trinajstić information content (AvgIpc) is 2.79. The number of aliphatic hydroxyl groups is 1. The topological polar surface area (TPSA) is 102 Å². The lowest BCUT2D eigenvalue weighted by Crippen LogP contribution is -2.25. The van der Waals surface area contributed by atoms with Crippen LogP contribution in [0.15, 0.2) is 48.5 Å². The highest BCUT2D eigenvalue weighted by atomic mass is 127. The van der Waals surface area contributed by atoms with Crippen molar-refractivity contribution in [2.45, 2.75) is 79.4 Å². The molecular weight excluding hydrogens is 726 g/mol. The maximum Gasteiger partial charge on any atom is 0.306 e. The number of phenols is 1. The van der Waals surface area contributed by atoms with Gasteiger partial charge in [0.15, 0.2) is 0 Å². The molecule has 0 saturated heterocycles. The first-order valence-electron chi connectivity index (χ1n) is 12.8. The monoisotopic (exact) mass is 770 g/mol. The molecule has 0 radical (unpaired) electrons. The van der Waals surface area contributed by atoms with Crippen molar-refractivity contribution in [3.8, 4) is 11.5 Å². The molecule has 0 spiro atoms. The molecule has 0 aromatic heterocycles. The van der Waals surface area contributed by atoms with Gasteiger partial charge < -0.3 is 24.4 Å². The molecule has 9 heteroatoms. The smallest absolute Gasteiger partial charge is 0.306 e. The third kappa shape index (κ3) is 22.9. The fourth-order valence-corrected chi connectivity index (χ4v) is 3.39. The van der Waals surface area contributed by atoms with Gasteiger partial charge in [0.05, 0.1) is 19.4 Å². The van der Waals surface area contributed by atoms with Crippen LogP contribution in [0, 0.1) is 19.0 Å². The van der Waals surface area contributed by atoms with Crippen LogP contribution < -0.4 is 4.74 Å². The second kappa shape index (κ2) is 18.7. The Bertz CT molecular complexity index is 942. The number of aromatic hydroxyl groups is 1. The summed E-state index contributed by atoms with van der Waals surface area (Å²) in [7, 11) is 0. The molecule has 0 bridgehead atoms. The van der Waals surface area contributed by atoms with Crippen molar-refractivity contribution in [1.29, 1.82) is 0 Å². The molecule has 2 rings (SSSR count). The number of phenolic OH excluding ortho intramolecular Hbond substituents is 1. The molecule has 0 heterocycles. The van der Waals surface area contributed by atoms with Crippen LogP contribution in [0.4, 0.5) is 0 Å². The first kappa shape index (κ1) is 37.4. The Morgan fingerprint density at radius 3 is 1.49 bits per heavy atom. The van der Waals surface area contributed by atoms with Gasteiger partial charge in [-0.3, -0.25) is 9.59 Å². The second-order valence-corrected chi connectivity index (χ2v) is 13.7. The van der Waals surface area contributed by atoms with E-state index in [1.807, 2.05) is 91.8 Å². The molecule has 2 aromatic carbocycles. The zero-order valence-corrected chi connectivity index (χ0v) is 28.6. The Morgan fingerprint density at radius 2 is 1.13 bits per heavy atom. The van der Waals surface area contributed by atoms with E-state index in [2.05, 4.69) is 45.2 Å². The molecule has 0 saturated carbocycles. The predicted octanol–water partition coefficient (Wildman–Crippen LogP) is 7.38. The maximum absolute atomic E-state index is 11.6. The van der Waals surface area contributed by atoms with Gasteiger partial charge >= 0.3 is 11.9 Å². The molecular formula is C30H44I2O7. The summed E-state index contributed by atoms with van der Waals surface area (Å²) in [5.41, 5.74) is -0.847. The zero-order chi connectivity index (χ0) is 30.2. The van der Waals surface area contributed by atoms with Gasteiger partial charge in [0, 0.05) is 19.7 Å². The summed E-state index contributed by atoms with van der Waals surface area (Å²) in [5, 5.41) is 17.4. The van der Waals surface area contributed by atoms with Crippen LogP contribution in [0.1, 0.15) is 68.2 Å². The number of hydrogen-bond acceptors (Lipinski definition) is 7. The molecule has 220 valence electrons. The minimum atomic E-state index is -0.424. The molecule has 0 fully saturated rings. The van der Waals surface area contributed by atoms with E-state index in [4.69, 9.17) is 24.4 Å². The van der Waals surface area contributed by atoms with E-state index in [-0.39, 0.29) is 36.8 Å². The number of benzene rings is 2. The van der Waals surface area contributed by atoms with Crippen molar-refractivity contribution < 1.29 is 34.0 Å². The highest BCUT2D eigenvalue weighted by Gasteiger charge is 2.19. The Kier molecular flexibility index (Phi) is 17.9. The maximum atomic E-state index is 11.6. The summed E-state index contributed by atoms with van der Waals surface area (Å²) in [4.78, 5) is 22.7. The zero-order valence-electron chi connectivity index (χ0n) is 24.3. The number of carbonyl (C=O) groups excluding carboxylic acids is 2. The highest BCUT2D eigenvalue weighted by Crippen LogP contribution is 2.17. The van der Waals surface area contributed by atoms with E-state index in [0.29, 0.717) is 18.8 Å². The fourth-order valence-electron chi connectivity index (χ4n) is 2.67. The van der Waals surface area contributed by atoms with Crippen LogP contribution >= 0.6 is 45.2 Å². The summed E-state index contributed by atoms with van der Waals surface area (Å²) < 4.78 is 18.3. The highest BCUT2D eigenvalue weighted by molar-refractivity contribution is 14.1. The van der Waals surface area contributed by atoms with E-state index in [9.17, 15) is 9.59 Å². The molecule has 2 aromatic rings. The van der Waals surface area contributed by atoms with E-state index in [1.54, 1.807) is 12.1 Å². The standard InChI is InChI=1S/C15H21IO3.C9H18O3.C6H5IO/c1-11(9-14(17)19-15(2,3)4)10-18-13-7-5-12(16)6-8-13;1-7(6-10)5-8(11)12-9(2,3)4;7-5-1-3-6(8)4-2-5/h5-8,11H,9-10H2,1-4H3;7,10H,5-6H2,1-4H3;1-4,8H. The van der Waals surface area contributed by atoms with Gasteiger partial charge in [0.25, 0.3) is 0 Å². The lowest BCUT2D eigenvalue weighted by Gasteiger charge is -2.21. The fraction of sp³-hybridized carbons (Fsp3) is 0.533. The SMILES string of the molecule is CC(CO)CC(=O)OC(C)(C)C.CC(COc1ccc(I)cc1)CC(=O)OC(C)(C)C.Oc1ccc(I)cc1. The molecule has 0 aliphatic rings. The quantitative estimate of drug-likeness (QED) is 0.214. The first-order valence-corrected chi connectivity index (χ1v) is 14.9. The van der Waals surface area contributed by atoms with Gasteiger partial charge in [-0.1, -0.05) is 13.8 Å². The number of ether oxygens (including phenoxy) is 3. The van der Waals surface area contributed by atoms with Crippen molar-refractivity contribution in [2.24, 2.45) is 11.8 Å². The molecule has 2 atom stereocenters.